The lowest BCUT2D eigenvalue weighted by Crippen LogP contribution is -2.45. The fourth-order valence-corrected chi connectivity index (χ4v) is 3.09. The molecule has 2 atom stereocenters. The molecule has 150 valence electrons. The molecule has 1 heterocycles. The second-order valence-electron chi connectivity index (χ2n) is 7.08. The number of aliphatic hydroxyl groups is 1. The summed E-state index contributed by atoms with van der Waals surface area (Å²) in [5.41, 5.74) is 0.767. The zero-order chi connectivity index (χ0) is 19.8. The number of hydrogen-bond donors (Lipinski definition) is 3. The van der Waals surface area contributed by atoms with Crippen LogP contribution in [0.3, 0.4) is 0 Å². The quantitative estimate of drug-likeness (QED) is 0.496. The van der Waals surface area contributed by atoms with Crippen LogP contribution < -0.4 is 15.4 Å². The van der Waals surface area contributed by atoms with E-state index in [1.54, 1.807) is 7.11 Å². The Kier molecular flexibility index (Phi) is 7.91. The molecule has 1 fully saturated rings. The summed E-state index contributed by atoms with van der Waals surface area (Å²) in [6.07, 6.45) is 0.180. The number of hydrogen-bond acceptors (Lipinski definition) is 4. The van der Waals surface area contributed by atoms with Crippen LogP contribution in [0.15, 0.2) is 29.3 Å². The minimum Gasteiger partial charge on any atom is -0.497 e. The molecule has 1 aromatic carbocycles. The van der Waals surface area contributed by atoms with Gasteiger partial charge in [0.25, 0.3) is 0 Å². The second-order valence-corrected chi connectivity index (χ2v) is 7.08. The topological polar surface area (TPSA) is 86.2 Å². The van der Waals surface area contributed by atoms with Crippen molar-refractivity contribution in [2.75, 3.05) is 33.3 Å². The molecule has 0 spiro atoms. The lowest BCUT2D eigenvalue weighted by Gasteiger charge is -2.20. The van der Waals surface area contributed by atoms with E-state index in [0.717, 1.165) is 25.1 Å². The van der Waals surface area contributed by atoms with Crippen molar-refractivity contribution in [3.8, 4) is 5.75 Å². The van der Waals surface area contributed by atoms with Gasteiger partial charge in [0, 0.05) is 31.6 Å². The first-order valence-electron chi connectivity index (χ1n) is 9.60. The molecule has 1 saturated heterocycles. The predicted octanol–water partition coefficient (Wildman–Crippen LogP) is 1.54. The van der Waals surface area contributed by atoms with Crippen LogP contribution in [0.25, 0.3) is 0 Å². The van der Waals surface area contributed by atoms with Gasteiger partial charge in [0.1, 0.15) is 5.75 Å². The third kappa shape index (κ3) is 6.13. The van der Waals surface area contributed by atoms with Crippen LogP contribution in [0.5, 0.6) is 5.75 Å². The van der Waals surface area contributed by atoms with Crippen LogP contribution in [-0.4, -0.2) is 61.2 Å². The Balaban J connectivity index is 1.95. The van der Waals surface area contributed by atoms with Gasteiger partial charge in [-0.2, -0.15) is 0 Å². The average Bonchev–Trinajstić information content (AvgIpc) is 3.13. The largest absolute Gasteiger partial charge is 0.497 e. The van der Waals surface area contributed by atoms with E-state index in [9.17, 15) is 9.90 Å². The lowest BCUT2D eigenvalue weighted by molar-refractivity contribution is -0.133. The fourth-order valence-electron chi connectivity index (χ4n) is 3.09. The normalized spacial score (nSPS) is 18.5. The first-order chi connectivity index (χ1) is 12.9. The van der Waals surface area contributed by atoms with Crippen molar-refractivity contribution in [3.63, 3.8) is 0 Å². The maximum Gasteiger partial charge on any atom is 0.225 e. The summed E-state index contributed by atoms with van der Waals surface area (Å²) in [6.45, 7) is 8.26. The van der Waals surface area contributed by atoms with Crippen molar-refractivity contribution in [1.29, 1.82) is 0 Å². The Labute approximate surface area is 161 Å². The number of aliphatic imine (C=N–C) groups is 1. The zero-order valence-corrected chi connectivity index (χ0v) is 16.7. The van der Waals surface area contributed by atoms with Gasteiger partial charge in [-0.3, -0.25) is 9.79 Å². The molecule has 1 amide bonds. The molecule has 0 saturated carbocycles. The number of nitrogens with zero attached hydrogens (tertiary/aromatic N) is 2. The molecule has 0 aliphatic carbocycles. The van der Waals surface area contributed by atoms with Crippen molar-refractivity contribution in [2.24, 2.45) is 10.9 Å². The number of guanidine groups is 1. The van der Waals surface area contributed by atoms with Gasteiger partial charge in [0.2, 0.25) is 5.91 Å². The summed E-state index contributed by atoms with van der Waals surface area (Å²) < 4.78 is 5.20. The van der Waals surface area contributed by atoms with E-state index in [1.807, 2.05) is 49.9 Å². The SMILES string of the molecule is CCNC(=NCC(O)c1cccc(OC)c1)NC1CCN(C(=O)C(C)C)C1. The zero-order valence-electron chi connectivity index (χ0n) is 16.7. The molecule has 2 rings (SSSR count). The number of nitrogens with one attached hydrogen (secondary N) is 2. The Morgan fingerprint density at radius 3 is 2.89 bits per heavy atom. The van der Waals surface area contributed by atoms with Gasteiger partial charge in [-0.1, -0.05) is 26.0 Å². The molecule has 27 heavy (non-hydrogen) atoms. The lowest BCUT2D eigenvalue weighted by atomic mass is 10.1. The van der Waals surface area contributed by atoms with E-state index in [2.05, 4.69) is 15.6 Å². The summed E-state index contributed by atoms with van der Waals surface area (Å²) in [6, 6.07) is 7.53. The summed E-state index contributed by atoms with van der Waals surface area (Å²) in [5.74, 6) is 1.57. The van der Waals surface area contributed by atoms with Gasteiger partial charge in [-0.15, -0.1) is 0 Å². The predicted molar refractivity (Wildman–Crippen MR) is 107 cm³/mol. The Bertz CT molecular complexity index is 648. The van der Waals surface area contributed by atoms with Crippen molar-refractivity contribution >= 4 is 11.9 Å². The van der Waals surface area contributed by atoms with Crippen LogP contribution >= 0.6 is 0 Å². The number of benzene rings is 1. The summed E-state index contributed by atoms with van der Waals surface area (Å²) in [4.78, 5) is 18.5. The molecule has 0 bridgehead atoms. The molecule has 7 heteroatoms. The number of carbonyl (C=O) groups is 1. The van der Waals surface area contributed by atoms with Gasteiger partial charge < -0.3 is 25.4 Å². The molecule has 7 nitrogen and oxygen atoms in total. The van der Waals surface area contributed by atoms with Crippen molar-refractivity contribution in [1.82, 2.24) is 15.5 Å². The molecular weight excluding hydrogens is 344 g/mol. The third-order valence-corrected chi connectivity index (χ3v) is 4.58. The Morgan fingerprint density at radius 2 is 2.22 bits per heavy atom. The minimum atomic E-state index is -0.710. The average molecular weight is 377 g/mol. The highest BCUT2D eigenvalue weighted by Crippen LogP contribution is 2.19. The standard InChI is InChI=1S/C20H32N4O3/c1-5-21-20(23-16-9-10-24(13-16)19(26)14(2)3)22-12-18(25)15-7-6-8-17(11-15)27-4/h6-8,11,14,16,18,25H,5,9-10,12-13H2,1-4H3,(H2,21,22,23). The van der Waals surface area contributed by atoms with Gasteiger partial charge >= 0.3 is 0 Å². The summed E-state index contributed by atoms with van der Waals surface area (Å²) in [7, 11) is 1.60. The Hall–Kier alpha value is -2.28. The Morgan fingerprint density at radius 1 is 1.44 bits per heavy atom. The number of likely N-dealkylation sites (tertiary alicyclic amines) is 1. The van der Waals surface area contributed by atoms with E-state index in [-0.39, 0.29) is 24.4 Å². The van der Waals surface area contributed by atoms with Gasteiger partial charge in [-0.05, 0) is 31.0 Å². The first-order valence-corrected chi connectivity index (χ1v) is 9.60. The highest BCUT2D eigenvalue weighted by atomic mass is 16.5. The van der Waals surface area contributed by atoms with E-state index in [4.69, 9.17) is 4.74 Å². The molecular formula is C20H32N4O3. The monoisotopic (exact) mass is 376 g/mol. The van der Waals surface area contributed by atoms with Crippen LogP contribution in [0.4, 0.5) is 0 Å². The molecule has 0 aromatic heterocycles. The van der Waals surface area contributed by atoms with Crippen molar-refractivity contribution < 1.29 is 14.6 Å². The molecule has 1 aromatic rings. The fraction of sp³-hybridized carbons (Fsp3) is 0.600. The number of carbonyl (C=O) groups excluding carboxylic acids is 1. The highest BCUT2D eigenvalue weighted by molar-refractivity contribution is 5.81. The van der Waals surface area contributed by atoms with E-state index in [0.29, 0.717) is 18.3 Å². The molecule has 1 aliphatic heterocycles. The van der Waals surface area contributed by atoms with Crippen molar-refractivity contribution in [3.05, 3.63) is 29.8 Å². The van der Waals surface area contributed by atoms with E-state index in [1.165, 1.54) is 0 Å². The number of ether oxygens (including phenoxy) is 1. The number of amides is 1. The maximum atomic E-state index is 12.1. The van der Waals surface area contributed by atoms with Gasteiger partial charge in [-0.25, -0.2) is 0 Å². The first kappa shape index (κ1) is 21.0. The molecule has 0 radical (unpaired) electrons. The van der Waals surface area contributed by atoms with Gasteiger partial charge in [0.05, 0.1) is 19.8 Å². The van der Waals surface area contributed by atoms with Gasteiger partial charge in [0.15, 0.2) is 5.96 Å². The molecule has 2 unspecified atom stereocenters. The van der Waals surface area contributed by atoms with Crippen LogP contribution in [0.1, 0.15) is 38.9 Å². The summed E-state index contributed by atoms with van der Waals surface area (Å²) >= 11 is 0. The van der Waals surface area contributed by atoms with Crippen LogP contribution in [0.2, 0.25) is 0 Å². The number of aliphatic hydroxyl groups excluding tert-OH is 1. The highest BCUT2D eigenvalue weighted by Gasteiger charge is 2.28. The summed E-state index contributed by atoms with van der Waals surface area (Å²) in [5, 5.41) is 17.0. The third-order valence-electron chi connectivity index (χ3n) is 4.58. The molecule has 1 aliphatic rings. The number of rotatable bonds is 7. The smallest absolute Gasteiger partial charge is 0.225 e. The van der Waals surface area contributed by atoms with E-state index >= 15 is 0 Å². The van der Waals surface area contributed by atoms with Crippen LogP contribution in [-0.2, 0) is 4.79 Å². The van der Waals surface area contributed by atoms with E-state index < -0.39 is 6.10 Å². The van der Waals surface area contributed by atoms with Crippen LogP contribution in [0, 0.1) is 5.92 Å². The minimum absolute atomic E-state index is 0.0173. The maximum absolute atomic E-state index is 12.1. The molecule has 3 N–H and O–H groups in total. The van der Waals surface area contributed by atoms with Crippen molar-refractivity contribution in [2.45, 2.75) is 39.3 Å². The number of methoxy groups -OCH3 is 1. The second kappa shape index (κ2) is 10.2.